The van der Waals surface area contributed by atoms with E-state index in [2.05, 4.69) is 0 Å². The van der Waals surface area contributed by atoms with Crippen LogP contribution in [0.4, 0.5) is 13.2 Å². The number of carboxylic acid groups (broad SMARTS) is 1. The lowest BCUT2D eigenvalue weighted by Gasteiger charge is -2.18. The van der Waals surface area contributed by atoms with Gasteiger partial charge in [-0.25, -0.2) is 0 Å². The highest BCUT2D eigenvalue weighted by atomic mass is 19.4. The second-order valence-electron chi connectivity index (χ2n) is 6.59. The predicted molar refractivity (Wildman–Crippen MR) is 92.0 cm³/mol. The van der Waals surface area contributed by atoms with Crippen LogP contribution in [-0.4, -0.2) is 35.0 Å². The molecule has 7 heteroatoms. The first-order chi connectivity index (χ1) is 12.8. The molecule has 1 fully saturated rings. The van der Waals surface area contributed by atoms with Crippen LogP contribution in [-0.2, 0) is 22.2 Å². The molecule has 2 atom stereocenters. The van der Waals surface area contributed by atoms with Crippen molar-refractivity contribution in [2.24, 2.45) is 5.92 Å². The smallest absolute Gasteiger partial charge is 0.416 e. The zero-order chi connectivity index (χ0) is 19.6. The number of likely N-dealkylation sites (tertiary alicyclic amines) is 1. The van der Waals surface area contributed by atoms with Crippen molar-refractivity contribution in [2.75, 3.05) is 13.1 Å². The molecule has 1 saturated heterocycles. The number of carboxylic acids is 1. The molecule has 0 bridgehead atoms. The minimum atomic E-state index is -4.54. The van der Waals surface area contributed by atoms with Crippen molar-refractivity contribution in [2.45, 2.75) is 18.5 Å². The van der Waals surface area contributed by atoms with Crippen LogP contribution in [0.25, 0.3) is 0 Å². The van der Waals surface area contributed by atoms with Crippen molar-refractivity contribution >= 4 is 11.9 Å². The van der Waals surface area contributed by atoms with E-state index in [1.54, 1.807) is 24.3 Å². The first-order valence-electron chi connectivity index (χ1n) is 8.48. The Labute approximate surface area is 154 Å². The lowest BCUT2D eigenvalue weighted by atomic mass is 9.89. The molecule has 142 valence electrons. The van der Waals surface area contributed by atoms with E-state index in [1.165, 1.54) is 23.1 Å². The number of hydrogen-bond acceptors (Lipinski definition) is 2. The number of aliphatic carboxylic acids is 1. The van der Waals surface area contributed by atoms with Crippen molar-refractivity contribution < 1.29 is 27.9 Å². The van der Waals surface area contributed by atoms with Crippen LogP contribution in [0, 0.1) is 5.92 Å². The standard InChI is InChI=1S/C20H18F3NO3/c21-20(22,23)17-9-5-4-8-14(17)10-18(25)24-11-15(16(12-24)19(26)27)13-6-2-1-3-7-13/h1-9,15-16H,10-12H2,(H,26,27)/t15-,16-/m1/s1. The molecule has 1 amide bonds. The van der Waals surface area contributed by atoms with E-state index < -0.39 is 36.0 Å². The molecule has 3 rings (SSSR count). The van der Waals surface area contributed by atoms with Gasteiger partial charge in [0.05, 0.1) is 17.9 Å². The van der Waals surface area contributed by atoms with E-state index in [0.717, 1.165) is 11.6 Å². The third-order valence-electron chi connectivity index (χ3n) is 4.88. The summed E-state index contributed by atoms with van der Waals surface area (Å²) in [5.41, 5.74) is -0.145. The van der Waals surface area contributed by atoms with Gasteiger partial charge in [0.1, 0.15) is 0 Å². The van der Waals surface area contributed by atoms with Crippen LogP contribution in [0.2, 0.25) is 0 Å². The Morgan fingerprint density at radius 3 is 2.26 bits per heavy atom. The molecule has 2 aromatic rings. The summed E-state index contributed by atoms with van der Waals surface area (Å²) in [7, 11) is 0. The molecule has 1 heterocycles. The fraction of sp³-hybridized carbons (Fsp3) is 0.300. The predicted octanol–water partition coefficient (Wildman–Crippen LogP) is 3.57. The van der Waals surface area contributed by atoms with Crippen molar-refractivity contribution in [1.82, 2.24) is 4.90 Å². The second kappa shape index (κ2) is 7.42. The zero-order valence-corrected chi connectivity index (χ0v) is 14.3. The second-order valence-corrected chi connectivity index (χ2v) is 6.59. The van der Waals surface area contributed by atoms with Crippen LogP contribution in [0.3, 0.4) is 0 Å². The maximum atomic E-state index is 13.1. The first-order valence-corrected chi connectivity index (χ1v) is 8.48. The molecule has 4 nitrogen and oxygen atoms in total. The van der Waals surface area contributed by atoms with Crippen molar-refractivity contribution in [1.29, 1.82) is 0 Å². The van der Waals surface area contributed by atoms with Gasteiger partial charge in [0.2, 0.25) is 5.91 Å². The first kappa shape index (κ1) is 18.9. The van der Waals surface area contributed by atoms with Crippen LogP contribution in [0.5, 0.6) is 0 Å². The van der Waals surface area contributed by atoms with E-state index in [4.69, 9.17) is 0 Å². The number of carbonyl (C=O) groups is 2. The van der Waals surface area contributed by atoms with E-state index >= 15 is 0 Å². The molecule has 1 aliphatic rings. The van der Waals surface area contributed by atoms with Gasteiger partial charge in [-0.2, -0.15) is 13.2 Å². The van der Waals surface area contributed by atoms with E-state index in [-0.39, 0.29) is 24.6 Å². The summed E-state index contributed by atoms with van der Waals surface area (Å²) in [4.78, 5) is 25.6. The van der Waals surface area contributed by atoms with Crippen LogP contribution >= 0.6 is 0 Å². The van der Waals surface area contributed by atoms with Gasteiger partial charge in [0.15, 0.2) is 0 Å². The molecule has 0 spiro atoms. The summed E-state index contributed by atoms with van der Waals surface area (Å²) in [5.74, 6) is -2.69. The topological polar surface area (TPSA) is 57.6 Å². The molecule has 1 N–H and O–H groups in total. The number of rotatable bonds is 4. The summed E-state index contributed by atoms with van der Waals surface area (Å²) < 4.78 is 39.4. The number of carbonyl (C=O) groups excluding carboxylic acids is 1. The molecule has 0 aromatic heterocycles. The number of alkyl halides is 3. The summed E-state index contributed by atoms with van der Waals surface area (Å²) in [6.07, 6.45) is -4.96. The van der Waals surface area contributed by atoms with E-state index in [0.29, 0.717) is 0 Å². The monoisotopic (exact) mass is 377 g/mol. The quantitative estimate of drug-likeness (QED) is 0.886. The third kappa shape index (κ3) is 4.13. The van der Waals surface area contributed by atoms with Crippen molar-refractivity contribution in [3.05, 3.63) is 71.3 Å². The molecular weight excluding hydrogens is 359 g/mol. The zero-order valence-electron chi connectivity index (χ0n) is 14.3. The summed E-state index contributed by atoms with van der Waals surface area (Å²) in [5, 5.41) is 9.50. The molecule has 27 heavy (non-hydrogen) atoms. The highest BCUT2D eigenvalue weighted by Crippen LogP contribution is 2.35. The Balaban J connectivity index is 1.80. The summed E-state index contributed by atoms with van der Waals surface area (Å²) in [6, 6.07) is 13.9. The van der Waals surface area contributed by atoms with Gasteiger partial charge in [0.25, 0.3) is 0 Å². The minimum Gasteiger partial charge on any atom is -0.481 e. The molecule has 2 aromatic carbocycles. The lowest BCUT2D eigenvalue weighted by Crippen LogP contribution is -2.31. The van der Waals surface area contributed by atoms with Gasteiger partial charge < -0.3 is 10.0 Å². The highest BCUT2D eigenvalue weighted by Gasteiger charge is 2.41. The number of hydrogen-bond donors (Lipinski definition) is 1. The Bertz CT molecular complexity index is 836. The SMILES string of the molecule is O=C(O)[C@@H]1CN(C(=O)Cc2ccccc2C(F)(F)F)C[C@@H]1c1ccccc1. The maximum Gasteiger partial charge on any atom is 0.416 e. The van der Waals surface area contributed by atoms with Gasteiger partial charge in [-0.05, 0) is 17.2 Å². The van der Waals surface area contributed by atoms with Gasteiger partial charge >= 0.3 is 12.1 Å². The van der Waals surface area contributed by atoms with Gasteiger partial charge in [-0.3, -0.25) is 9.59 Å². The average molecular weight is 377 g/mol. The fourth-order valence-corrected chi connectivity index (χ4v) is 3.52. The van der Waals surface area contributed by atoms with Gasteiger partial charge in [-0.15, -0.1) is 0 Å². The molecule has 0 unspecified atom stereocenters. The van der Waals surface area contributed by atoms with Crippen molar-refractivity contribution in [3.8, 4) is 0 Å². The van der Waals surface area contributed by atoms with Crippen LogP contribution in [0.1, 0.15) is 22.6 Å². The van der Waals surface area contributed by atoms with Crippen LogP contribution < -0.4 is 0 Å². The number of halogens is 3. The molecule has 0 radical (unpaired) electrons. The number of amides is 1. The Morgan fingerprint density at radius 2 is 1.63 bits per heavy atom. The number of nitrogens with zero attached hydrogens (tertiary/aromatic N) is 1. The average Bonchev–Trinajstić information content (AvgIpc) is 3.08. The van der Waals surface area contributed by atoms with Gasteiger partial charge in [-0.1, -0.05) is 48.5 Å². The minimum absolute atomic E-state index is 0.0120. The molecular formula is C20H18F3NO3. The molecule has 1 aliphatic heterocycles. The summed E-state index contributed by atoms with van der Waals surface area (Å²) >= 11 is 0. The maximum absolute atomic E-state index is 13.1. The van der Waals surface area contributed by atoms with Crippen LogP contribution in [0.15, 0.2) is 54.6 Å². The third-order valence-corrected chi connectivity index (χ3v) is 4.88. The highest BCUT2D eigenvalue weighted by molar-refractivity contribution is 5.81. The van der Waals surface area contributed by atoms with Gasteiger partial charge in [0, 0.05) is 19.0 Å². The number of benzene rings is 2. The Kier molecular flexibility index (Phi) is 5.21. The van der Waals surface area contributed by atoms with Crippen molar-refractivity contribution in [3.63, 3.8) is 0 Å². The normalized spacial score (nSPS) is 19.9. The Hall–Kier alpha value is -2.83. The Morgan fingerprint density at radius 1 is 1.00 bits per heavy atom. The summed E-state index contributed by atoms with van der Waals surface area (Å²) in [6.45, 7) is 0.163. The largest absolute Gasteiger partial charge is 0.481 e. The molecule has 0 aliphatic carbocycles. The lowest BCUT2D eigenvalue weighted by molar-refractivity contribution is -0.141. The fourth-order valence-electron chi connectivity index (χ4n) is 3.52. The molecule has 0 saturated carbocycles. The van der Waals surface area contributed by atoms with E-state index in [9.17, 15) is 27.9 Å². The van der Waals surface area contributed by atoms with E-state index in [1.807, 2.05) is 6.07 Å².